The molecule has 1 fully saturated rings. The monoisotopic (exact) mass is 352 g/mol. The van der Waals surface area contributed by atoms with Crippen LogP contribution >= 0.6 is 0 Å². The van der Waals surface area contributed by atoms with Gasteiger partial charge in [0.25, 0.3) is 0 Å². The molecule has 0 aliphatic carbocycles. The fourth-order valence-corrected chi connectivity index (χ4v) is 3.42. The van der Waals surface area contributed by atoms with Crippen LogP contribution in [0.5, 0.6) is 0 Å². The first-order valence-electron chi connectivity index (χ1n) is 8.96. The molecule has 2 aromatic rings. The maximum absolute atomic E-state index is 12.9. The van der Waals surface area contributed by atoms with Crippen molar-refractivity contribution < 1.29 is 14.3 Å². The summed E-state index contributed by atoms with van der Waals surface area (Å²) < 4.78 is 5.16. The van der Waals surface area contributed by atoms with Crippen LogP contribution in [0.15, 0.2) is 54.6 Å². The zero-order valence-electron chi connectivity index (χ0n) is 14.9. The number of carbonyl (C=O) groups excluding carboxylic acids is 2. The predicted molar refractivity (Wildman–Crippen MR) is 101 cm³/mol. The number of hydrogen-bond acceptors (Lipinski definition) is 4. The van der Waals surface area contributed by atoms with Gasteiger partial charge in [0.15, 0.2) is 0 Å². The number of ether oxygens (including phenoxy) is 1. The van der Waals surface area contributed by atoms with E-state index in [0.29, 0.717) is 12.1 Å². The minimum Gasteiger partial charge on any atom is -0.447 e. The highest BCUT2D eigenvalue weighted by molar-refractivity contribution is 5.94. The highest BCUT2D eigenvalue weighted by Crippen LogP contribution is 2.27. The molecule has 26 heavy (non-hydrogen) atoms. The lowest BCUT2D eigenvalue weighted by atomic mass is 9.92. The lowest BCUT2D eigenvalue weighted by Gasteiger charge is -2.23. The number of amides is 2. The molecule has 1 saturated heterocycles. The molecule has 1 aliphatic rings. The van der Waals surface area contributed by atoms with Gasteiger partial charge in [0.1, 0.15) is 6.61 Å². The van der Waals surface area contributed by atoms with Crippen LogP contribution in [0.1, 0.15) is 36.8 Å². The molecule has 0 radical (unpaired) electrons. The summed E-state index contributed by atoms with van der Waals surface area (Å²) in [6.45, 7) is 2.28. The largest absolute Gasteiger partial charge is 0.447 e. The lowest BCUT2D eigenvalue weighted by Crippen LogP contribution is -2.40. The number of nitrogen functional groups attached to an aromatic ring is 1. The first-order chi connectivity index (χ1) is 12.6. The maximum atomic E-state index is 12.9. The van der Waals surface area contributed by atoms with Crippen LogP contribution in [0.4, 0.5) is 10.5 Å². The second kappa shape index (κ2) is 8.04. The SMILES string of the molecule is CCC(CC(=O)N1C(=O)OC[C@H]1Cc1ccccc1)c1cccc(N)c1. The van der Waals surface area contributed by atoms with E-state index in [1.807, 2.05) is 61.5 Å². The molecule has 2 N–H and O–H groups in total. The van der Waals surface area contributed by atoms with Gasteiger partial charge in [-0.05, 0) is 42.0 Å². The summed E-state index contributed by atoms with van der Waals surface area (Å²) in [5.41, 5.74) is 8.64. The highest BCUT2D eigenvalue weighted by atomic mass is 16.6. The Morgan fingerprint density at radius 3 is 2.69 bits per heavy atom. The quantitative estimate of drug-likeness (QED) is 0.804. The van der Waals surface area contributed by atoms with Gasteiger partial charge in [0, 0.05) is 12.1 Å². The van der Waals surface area contributed by atoms with Gasteiger partial charge < -0.3 is 10.5 Å². The van der Waals surface area contributed by atoms with Crippen molar-refractivity contribution in [3.8, 4) is 0 Å². The van der Waals surface area contributed by atoms with Crippen molar-refractivity contribution in [2.45, 2.75) is 38.1 Å². The molecule has 2 aromatic carbocycles. The van der Waals surface area contributed by atoms with Crippen molar-refractivity contribution in [2.75, 3.05) is 12.3 Å². The Bertz CT molecular complexity index is 776. The molecule has 0 aromatic heterocycles. The van der Waals surface area contributed by atoms with Crippen LogP contribution in [-0.2, 0) is 16.0 Å². The average molecular weight is 352 g/mol. The van der Waals surface area contributed by atoms with Gasteiger partial charge in [0.2, 0.25) is 5.91 Å². The number of hydrogen-bond donors (Lipinski definition) is 1. The Kier molecular flexibility index (Phi) is 5.56. The normalized spacial score (nSPS) is 17.8. The third-order valence-electron chi connectivity index (χ3n) is 4.84. The van der Waals surface area contributed by atoms with Crippen molar-refractivity contribution in [2.24, 2.45) is 0 Å². The predicted octanol–water partition coefficient (Wildman–Crippen LogP) is 3.74. The number of carbonyl (C=O) groups is 2. The van der Waals surface area contributed by atoms with E-state index in [1.165, 1.54) is 4.90 Å². The van der Waals surface area contributed by atoms with Gasteiger partial charge in [-0.15, -0.1) is 0 Å². The van der Waals surface area contributed by atoms with Gasteiger partial charge in [-0.2, -0.15) is 0 Å². The summed E-state index contributed by atoms with van der Waals surface area (Å²) in [6, 6.07) is 17.2. The number of nitrogens with zero attached hydrogens (tertiary/aromatic N) is 1. The van der Waals surface area contributed by atoms with E-state index >= 15 is 0 Å². The summed E-state index contributed by atoms with van der Waals surface area (Å²) >= 11 is 0. The molecule has 1 heterocycles. The van der Waals surface area contributed by atoms with Crippen LogP contribution in [0.2, 0.25) is 0 Å². The third kappa shape index (κ3) is 4.04. The molecule has 0 bridgehead atoms. The van der Waals surface area contributed by atoms with E-state index in [-0.39, 0.29) is 30.9 Å². The minimum atomic E-state index is -0.543. The van der Waals surface area contributed by atoms with E-state index in [4.69, 9.17) is 10.5 Å². The molecule has 5 nitrogen and oxygen atoms in total. The number of rotatable bonds is 6. The Balaban J connectivity index is 1.72. The minimum absolute atomic E-state index is 0.0248. The van der Waals surface area contributed by atoms with Gasteiger partial charge in [-0.1, -0.05) is 49.4 Å². The molecule has 5 heteroatoms. The van der Waals surface area contributed by atoms with E-state index in [2.05, 4.69) is 0 Å². The van der Waals surface area contributed by atoms with Gasteiger partial charge in [-0.25, -0.2) is 9.69 Å². The van der Waals surface area contributed by atoms with Crippen LogP contribution < -0.4 is 5.73 Å². The molecule has 1 aliphatic heterocycles. The standard InChI is InChI=1S/C21H24N2O3/c1-2-16(17-9-6-10-18(22)12-17)13-20(24)23-19(14-26-21(23)25)11-15-7-4-3-5-8-15/h3-10,12,16,19H,2,11,13-14,22H2,1H3/t16?,19-/m1/s1. The van der Waals surface area contributed by atoms with Crippen molar-refractivity contribution in [3.63, 3.8) is 0 Å². The van der Waals surface area contributed by atoms with Crippen molar-refractivity contribution in [1.29, 1.82) is 0 Å². The maximum Gasteiger partial charge on any atom is 0.416 e. The Hall–Kier alpha value is -2.82. The first kappa shape index (κ1) is 18.0. The molecule has 3 rings (SSSR count). The molecule has 136 valence electrons. The smallest absolute Gasteiger partial charge is 0.416 e. The summed E-state index contributed by atoms with van der Waals surface area (Å²) in [6.07, 6.45) is 1.12. The zero-order valence-corrected chi connectivity index (χ0v) is 14.9. The van der Waals surface area contributed by atoms with Crippen molar-refractivity contribution in [3.05, 3.63) is 65.7 Å². The first-order valence-corrected chi connectivity index (χ1v) is 8.96. The summed E-state index contributed by atoms with van der Waals surface area (Å²) in [4.78, 5) is 26.3. The highest BCUT2D eigenvalue weighted by Gasteiger charge is 2.38. The summed E-state index contributed by atoms with van der Waals surface area (Å²) in [7, 11) is 0. The second-order valence-corrected chi connectivity index (χ2v) is 6.66. The van der Waals surface area contributed by atoms with Crippen molar-refractivity contribution in [1.82, 2.24) is 4.90 Å². The second-order valence-electron chi connectivity index (χ2n) is 6.66. The number of nitrogens with two attached hydrogens (primary N) is 1. The zero-order chi connectivity index (χ0) is 18.5. The summed E-state index contributed by atoms with van der Waals surface area (Å²) in [5, 5.41) is 0. The van der Waals surface area contributed by atoms with E-state index in [0.717, 1.165) is 17.5 Å². The fourth-order valence-electron chi connectivity index (χ4n) is 3.42. The van der Waals surface area contributed by atoms with Gasteiger partial charge in [-0.3, -0.25) is 4.79 Å². The molecular weight excluding hydrogens is 328 g/mol. The third-order valence-corrected chi connectivity index (χ3v) is 4.84. The lowest BCUT2D eigenvalue weighted by molar-refractivity contribution is -0.129. The molecule has 0 saturated carbocycles. The number of benzene rings is 2. The van der Waals surface area contributed by atoms with Crippen LogP contribution in [0.25, 0.3) is 0 Å². The number of anilines is 1. The Morgan fingerprint density at radius 1 is 1.23 bits per heavy atom. The fraction of sp³-hybridized carbons (Fsp3) is 0.333. The molecule has 0 spiro atoms. The molecular formula is C21H24N2O3. The number of imide groups is 1. The van der Waals surface area contributed by atoms with E-state index < -0.39 is 6.09 Å². The van der Waals surface area contributed by atoms with Crippen LogP contribution in [0.3, 0.4) is 0 Å². The Labute approximate surface area is 153 Å². The Morgan fingerprint density at radius 2 is 2.00 bits per heavy atom. The van der Waals surface area contributed by atoms with Crippen LogP contribution in [0, 0.1) is 0 Å². The molecule has 2 amide bonds. The van der Waals surface area contributed by atoms with Gasteiger partial charge >= 0.3 is 6.09 Å². The van der Waals surface area contributed by atoms with Crippen LogP contribution in [-0.4, -0.2) is 29.5 Å². The number of cyclic esters (lactones) is 1. The molecule has 2 atom stereocenters. The van der Waals surface area contributed by atoms with E-state index in [1.54, 1.807) is 0 Å². The van der Waals surface area contributed by atoms with Crippen molar-refractivity contribution >= 4 is 17.7 Å². The molecule has 1 unspecified atom stereocenters. The topological polar surface area (TPSA) is 72.6 Å². The van der Waals surface area contributed by atoms with E-state index in [9.17, 15) is 9.59 Å². The summed E-state index contributed by atoms with van der Waals surface area (Å²) in [5.74, 6) is -0.167. The average Bonchev–Trinajstić information content (AvgIpc) is 3.00. The van der Waals surface area contributed by atoms with Gasteiger partial charge in [0.05, 0.1) is 6.04 Å².